The van der Waals surface area contributed by atoms with Crippen LogP contribution in [0.2, 0.25) is 0 Å². The molecule has 1 aliphatic heterocycles. The number of hydrogen-bond acceptors (Lipinski definition) is 2. The maximum Gasteiger partial charge on any atom is 0.0804 e. The van der Waals surface area contributed by atoms with E-state index in [-0.39, 0.29) is 5.60 Å². The highest BCUT2D eigenvalue weighted by atomic mass is 16.5. The molecule has 3 heteroatoms. The summed E-state index contributed by atoms with van der Waals surface area (Å²) in [5.74, 6) is 0. The minimum Gasteiger partial charge on any atom is -0.374 e. The van der Waals surface area contributed by atoms with Crippen LogP contribution in [0.15, 0.2) is 30.5 Å². The number of nitrogens with one attached hydrogen (secondary N) is 2. The molecule has 3 rings (SSSR count). The van der Waals surface area contributed by atoms with Crippen molar-refractivity contribution in [1.82, 2.24) is 10.3 Å². The fourth-order valence-corrected chi connectivity index (χ4v) is 3.05. The van der Waals surface area contributed by atoms with Gasteiger partial charge < -0.3 is 15.0 Å². The molecule has 108 valence electrons. The standard InChI is InChI=1S/C17H24N2O/c1-13(17(2)8-3-11-20-17)18-9-6-14-4-5-16-15(12-14)7-10-19-16/h4-5,7,10,12-13,18-19H,3,6,8-9,11H2,1-2H3/t13-,17-/m1/s1. The number of fused-ring (bicyclic) bond motifs is 1. The lowest BCUT2D eigenvalue weighted by molar-refractivity contribution is -0.00630. The molecule has 3 nitrogen and oxygen atoms in total. The summed E-state index contributed by atoms with van der Waals surface area (Å²) >= 11 is 0. The van der Waals surface area contributed by atoms with E-state index in [1.165, 1.54) is 22.9 Å². The summed E-state index contributed by atoms with van der Waals surface area (Å²) in [6.07, 6.45) is 5.40. The molecule has 0 radical (unpaired) electrons. The van der Waals surface area contributed by atoms with Gasteiger partial charge in [-0.05, 0) is 68.8 Å². The van der Waals surface area contributed by atoms with Crippen LogP contribution in [0.4, 0.5) is 0 Å². The lowest BCUT2D eigenvalue weighted by Gasteiger charge is -2.31. The highest BCUT2D eigenvalue weighted by Crippen LogP contribution is 2.28. The molecule has 2 aromatic rings. The molecule has 0 bridgehead atoms. The van der Waals surface area contributed by atoms with Crippen molar-refractivity contribution in [2.75, 3.05) is 13.2 Å². The van der Waals surface area contributed by atoms with Gasteiger partial charge in [-0.25, -0.2) is 0 Å². The van der Waals surface area contributed by atoms with Crippen LogP contribution in [0.1, 0.15) is 32.3 Å². The molecule has 0 amide bonds. The molecule has 1 aromatic heterocycles. The molecule has 0 unspecified atom stereocenters. The Kier molecular flexibility index (Phi) is 3.81. The molecule has 2 atom stereocenters. The van der Waals surface area contributed by atoms with Crippen molar-refractivity contribution >= 4 is 10.9 Å². The van der Waals surface area contributed by atoms with E-state index in [0.717, 1.165) is 26.0 Å². The van der Waals surface area contributed by atoms with Gasteiger partial charge in [0.05, 0.1) is 5.60 Å². The smallest absolute Gasteiger partial charge is 0.0804 e. The van der Waals surface area contributed by atoms with Gasteiger partial charge >= 0.3 is 0 Å². The van der Waals surface area contributed by atoms with Crippen molar-refractivity contribution in [3.63, 3.8) is 0 Å². The zero-order valence-corrected chi connectivity index (χ0v) is 12.4. The third kappa shape index (κ3) is 2.74. The number of hydrogen-bond donors (Lipinski definition) is 2. The Balaban J connectivity index is 1.54. The molecule has 2 N–H and O–H groups in total. The van der Waals surface area contributed by atoms with E-state index >= 15 is 0 Å². The minimum absolute atomic E-state index is 0.0184. The molecular weight excluding hydrogens is 248 g/mol. The summed E-state index contributed by atoms with van der Waals surface area (Å²) < 4.78 is 5.89. The van der Waals surface area contributed by atoms with Gasteiger partial charge in [-0.3, -0.25) is 0 Å². The SMILES string of the molecule is C[C@@H](NCCc1ccc2[nH]ccc2c1)[C@@]1(C)CCCO1. The summed E-state index contributed by atoms with van der Waals surface area (Å²) in [5.41, 5.74) is 2.61. The van der Waals surface area contributed by atoms with Gasteiger partial charge in [-0.1, -0.05) is 6.07 Å². The van der Waals surface area contributed by atoms with E-state index in [2.05, 4.69) is 48.4 Å². The van der Waals surface area contributed by atoms with Gasteiger partial charge in [-0.2, -0.15) is 0 Å². The first kappa shape index (κ1) is 13.7. The Bertz CT molecular complexity index is 569. The fraction of sp³-hybridized carbons (Fsp3) is 0.529. The maximum atomic E-state index is 5.89. The molecule has 20 heavy (non-hydrogen) atoms. The molecule has 0 aliphatic carbocycles. The number of aromatic nitrogens is 1. The first-order valence-corrected chi connectivity index (χ1v) is 7.61. The fourth-order valence-electron chi connectivity index (χ4n) is 3.05. The number of rotatable bonds is 5. The molecule has 1 aliphatic rings. The van der Waals surface area contributed by atoms with E-state index in [1.807, 2.05) is 6.20 Å². The third-order valence-electron chi connectivity index (χ3n) is 4.65. The Morgan fingerprint density at radius 2 is 2.30 bits per heavy atom. The molecule has 0 saturated carbocycles. The lowest BCUT2D eigenvalue weighted by atomic mass is 9.94. The second-order valence-corrected chi connectivity index (χ2v) is 6.09. The Morgan fingerprint density at radius 3 is 3.10 bits per heavy atom. The summed E-state index contributed by atoms with van der Waals surface area (Å²) in [6.45, 7) is 6.37. The first-order chi connectivity index (χ1) is 9.67. The summed E-state index contributed by atoms with van der Waals surface area (Å²) in [7, 11) is 0. The van der Waals surface area contributed by atoms with Gasteiger partial charge in [0.15, 0.2) is 0 Å². The van der Waals surface area contributed by atoms with Gasteiger partial charge in [0.1, 0.15) is 0 Å². The third-order valence-corrected chi connectivity index (χ3v) is 4.65. The van der Waals surface area contributed by atoms with E-state index in [9.17, 15) is 0 Å². The second-order valence-electron chi connectivity index (χ2n) is 6.09. The Morgan fingerprint density at radius 1 is 1.40 bits per heavy atom. The first-order valence-electron chi connectivity index (χ1n) is 7.61. The normalized spacial score (nSPS) is 24.3. The summed E-state index contributed by atoms with van der Waals surface area (Å²) in [4.78, 5) is 3.23. The van der Waals surface area contributed by atoms with Crippen molar-refractivity contribution in [2.45, 2.75) is 44.8 Å². The zero-order chi connectivity index (χ0) is 14.0. The number of ether oxygens (including phenoxy) is 1. The number of aromatic amines is 1. The largest absolute Gasteiger partial charge is 0.374 e. The van der Waals surface area contributed by atoms with Crippen LogP contribution >= 0.6 is 0 Å². The van der Waals surface area contributed by atoms with Gasteiger partial charge in [0.2, 0.25) is 0 Å². The molecule has 1 saturated heterocycles. The van der Waals surface area contributed by atoms with E-state index < -0.39 is 0 Å². The average molecular weight is 272 g/mol. The van der Waals surface area contributed by atoms with Crippen LogP contribution in [0, 0.1) is 0 Å². The highest BCUT2D eigenvalue weighted by Gasteiger charge is 2.35. The van der Waals surface area contributed by atoms with Crippen LogP contribution < -0.4 is 5.32 Å². The van der Waals surface area contributed by atoms with Gasteiger partial charge in [0, 0.05) is 24.4 Å². The molecule has 2 heterocycles. The average Bonchev–Trinajstić information content (AvgIpc) is 3.07. The van der Waals surface area contributed by atoms with Crippen molar-refractivity contribution < 1.29 is 4.74 Å². The summed E-state index contributed by atoms with van der Waals surface area (Å²) in [6, 6.07) is 9.17. The van der Waals surface area contributed by atoms with E-state index in [4.69, 9.17) is 4.74 Å². The van der Waals surface area contributed by atoms with Crippen LogP contribution in [0.3, 0.4) is 0 Å². The Hall–Kier alpha value is -1.32. The van der Waals surface area contributed by atoms with Crippen molar-refractivity contribution in [3.05, 3.63) is 36.0 Å². The lowest BCUT2D eigenvalue weighted by Crippen LogP contribution is -2.46. The minimum atomic E-state index is 0.0184. The summed E-state index contributed by atoms with van der Waals surface area (Å²) in [5, 5.41) is 4.92. The van der Waals surface area contributed by atoms with Crippen LogP contribution in [0.5, 0.6) is 0 Å². The molecular formula is C17H24N2O. The predicted molar refractivity (Wildman–Crippen MR) is 83.1 cm³/mol. The van der Waals surface area contributed by atoms with Gasteiger partial charge in [0.25, 0.3) is 0 Å². The molecule has 1 aromatic carbocycles. The van der Waals surface area contributed by atoms with Gasteiger partial charge in [-0.15, -0.1) is 0 Å². The van der Waals surface area contributed by atoms with Crippen LogP contribution in [-0.2, 0) is 11.2 Å². The molecule has 0 spiro atoms. The highest BCUT2D eigenvalue weighted by molar-refractivity contribution is 5.79. The van der Waals surface area contributed by atoms with Crippen molar-refractivity contribution in [3.8, 4) is 0 Å². The van der Waals surface area contributed by atoms with Crippen molar-refractivity contribution in [1.29, 1.82) is 0 Å². The quantitative estimate of drug-likeness (QED) is 0.876. The predicted octanol–water partition coefficient (Wildman–Crippen LogP) is 3.26. The zero-order valence-electron chi connectivity index (χ0n) is 12.4. The van der Waals surface area contributed by atoms with Crippen LogP contribution in [0.25, 0.3) is 10.9 Å². The topological polar surface area (TPSA) is 37.0 Å². The van der Waals surface area contributed by atoms with Crippen molar-refractivity contribution in [2.24, 2.45) is 0 Å². The van der Waals surface area contributed by atoms with Crippen LogP contribution in [-0.4, -0.2) is 29.8 Å². The van der Waals surface area contributed by atoms with E-state index in [0.29, 0.717) is 6.04 Å². The molecule has 1 fully saturated rings. The number of H-pyrrole nitrogens is 1. The maximum absolute atomic E-state index is 5.89. The second kappa shape index (κ2) is 5.58. The monoisotopic (exact) mass is 272 g/mol. The Labute approximate surface area is 120 Å². The van der Waals surface area contributed by atoms with E-state index in [1.54, 1.807) is 0 Å². The number of benzene rings is 1.